The van der Waals surface area contributed by atoms with Crippen LogP contribution in [0.2, 0.25) is 19.6 Å². The minimum atomic E-state index is -1.06. The zero-order valence-corrected chi connectivity index (χ0v) is 9.10. The molecule has 0 bridgehead atoms. The van der Waals surface area contributed by atoms with Gasteiger partial charge in [-0.2, -0.15) is 0 Å². The predicted molar refractivity (Wildman–Crippen MR) is 53.1 cm³/mol. The Labute approximate surface area is 70.1 Å². The van der Waals surface area contributed by atoms with Crippen molar-refractivity contribution in [3.8, 4) is 0 Å². The fourth-order valence-electron chi connectivity index (χ4n) is 1.08. The van der Waals surface area contributed by atoms with Crippen molar-refractivity contribution in [1.82, 2.24) is 4.57 Å². The second-order valence-corrected chi connectivity index (χ2v) is 9.31. The highest BCUT2D eigenvalue weighted by Crippen LogP contribution is 2.04. The van der Waals surface area contributed by atoms with Gasteiger partial charge in [-0.1, -0.05) is 19.6 Å². The van der Waals surface area contributed by atoms with E-state index in [1.54, 1.807) is 5.19 Å². The SMILES string of the molecule is Cc1cc([Si](C)(C)C)cn1C. The number of nitrogens with zero attached hydrogens (tertiary/aromatic N) is 1. The molecule has 0 saturated heterocycles. The Morgan fingerprint density at radius 3 is 2.00 bits per heavy atom. The van der Waals surface area contributed by atoms with Crippen LogP contribution in [0.5, 0.6) is 0 Å². The van der Waals surface area contributed by atoms with Crippen molar-refractivity contribution in [3.05, 3.63) is 18.0 Å². The molecule has 0 aliphatic rings. The lowest BCUT2D eigenvalue weighted by Gasteiger charge is -2.12. The second kappa shape index (κ2) is 2.52. The lowest BCUT2D eigenvalue weighted by atomic mass is 10.5. The monoisotopic (exact) mass is 167 g/mol. The second-order valence-electron chi connectivity index (χ2n) is 4.23. The summed E-state index contributed by atoms with van der Waals surface area (Å²) in [7, 11) is 1.05. The van der Waals surface area contributed by atoms with Crippen LogP contribution in [0.15, 0.2) is 12.3 Å². The van der Waals surface area contributed by atoms with Crippen molar-refractivity contribution >= 4 is 13.3 Å². The summed E-state index contributed by atoms with van der Waals surface area (Å²) in [5, 5.41) is 1.55. The first-order valence-electron chi connectivity index (χ1n) is 4.05. The molecule has 2 heteroatoms. The Balaban J connectivity index is 3.08. The Hall–Kier alpha value is -0.503. The van der Waals surface area contributed by atoms with Gasteiger partial charge in [0.25, 0.3) is 0 Å². The van der Waals surface area contributed by atoms with Gasteiger partial charge in [0.05, 0.1) is 8.07 Å². The fourth-order valence-corrected chi connectivity index (χ4v) is 2.31. The molecule has 0 amide bonds. The van der Waals surface area contributed by atoms with Crippen LogP contribution in [0.4, 0.5) is 0 Å². The molecule has 11 heavy (non-hydrogen) atoms. The van der Waals surface area contributed by atoms with Gasteiger partial charge in [-0.25, -0.2) is 0 Å². The maximum Gasteiger partial charge on any atom is 0.0795 e. The fraction of sp³-hybridized carbons (Fsp3) is 0.556. The van der Waals surface area contributed by atoms with E-state index in [0.717, 1.165) is 0 Å². The topological polar surface area (TPSA) is 4.93 Å². The average molecular weight is 167 g/mol. The van der Waals surface area contributed by atoms with E-state index in [1.807, 2.05) is 0 Å². The minimum Gasteiger partial charge on any atom is -0.355 e. The zero-order chi connectivity index (χ0) is 8.65. The van der Waals surface area contributed by atoms with E-state index in [0.29, 0.717) is 0 Å². The molecule has 0 atom stereocenters. The third-order valence-corrected chi connectivity index (χ3v) is 4.12. The molecule has 0 aliphatic heterocycles. The van der Waals surface area contributed by atoms with E-state index >= 15 is 0 Å². The molecule has 0 fully saturated rings. The Morgan fingerprint density at radius 1 is 1.27 bits per heavy atom. The van der Waals surface area contributed by atoms with Crippen LogP contribution in [-0.2, 0) is 7.05 Å². The van der Waals surface area contributed by atoms with Crippen molar-refractivity contribution in [3.63, 3.8) is 0 Å². The number of hydrogen-bond donors (Lipinski definition) is 0. The highest BCUT2D eigenvalue weighted by atomic mass is 28.3. The standard InChI is InChI=1S/C9H17NSi/c1-8-6-9(7-10(8)2)11(3,4)5/h6-7H,1-5H3. The normalized spacial score (nSPS) is 12.1. The van der Waals surface area contributed by atoms with Crippen molar-refractivity contribution < 1.29 is 0 Å². The van der Waals surface area contributed by atoms with Crippen LogP contribution in [0.25, 0.3) is 0 Å². The van der Waals surface area contributed by atoms with Gasteiger partial charge in [0.2, 0.25) is 0 Å². The van der Waals surface area contributed by atoms with Crippen LogP contribution < -0.4 is 5.19 Å². The summed E-state index contributed by atoms with van der Waals surface area (Å²) in [4.78, 5) is 0. The predicted octanol–water partition coefficient (Wildman–Crippen LogP) is 1.88. The Morgan fingerprint density at radius 2 is 1.82 bits per heavy atom. The third kappa shape index (κ3) is 1.74. The molecule has 0 spiro atoms. The van der Waals surface area contributed by atoms with Crippen molar-refractivity contribution in [1.29, 1.82) is 0 Å². The van der Waals surface area contributed by atoms with Gasteiger partial charge < -0.3 is 4.57 Å². The van der Waals surface area contributed by atoms with Gasteiger partial charge in [0.1, 0.15) is 0 Å². The van der Waals surface area contributed by atoms with Crippen LogP contribution >= 0.6 is 0 Å². The zero-order valence-electron chi connectivity index (χ0n) is 8.10. The summed E-state index contributed by atoms with van der Waals surface area (Å²) in [6.45, 7) is 9.29. The molecule has 1 rings (SSSR count). The third-order valence-electron chi connectivity index (χ3n) is 2.12. The quantitative estimate of drug-likeness (QED) is 0.563. The molecule has 1 aromatic heterocycles. The summed E-state index contributed by atoms with van der Waals surface area (Å²) in [5.74, 6) is 0. The molecule has 1 heterocycles. The van der Waals surface area contributed by atoms with Crippen molar-refractivity contribution in [2.75, 3.05) is 0 Å². The number of aryl methyl sites for hydroxylation is 2. The maximum atomic E-state index is 2.38. The molecule has 62 valence electrons. The van der Waals surface area contributed by atoms with Crippen molar-refractivity contribution in [2.45, 2.75) is 26.6 Å². The van der Waals surface area contributed by atoms with Crippen LogP contribution in [-0.4, -0.2) is 12.6 Å². The lowest BCUT2D eigenvalue weighted by Crippen LogP contribution is -2.36. The van der Waals surface area contributed by atoms with E-state index in [4.69, 9.17) is 0 Å². The van der Waals surface area contributed by atoms with Crippen LogP contribution in [0.1, 0.15) is 5.69 Å². The lowest BCUT2D eigenvalue weighted by molar-refractivity contribution is 0.883. The Bertz CT molecular complexity index is 236. The van der Waals surface area contributed by atoms with E-state index < -0.39 is 8.07 Å². The van der Waals surface area contributed by atoms with Gasteiger partial charge in [-0.3, -0.25) is 0 Å². The molecular formula is C9H17NSi. The Kier molecular flexibility index (Phi) is 1.97. The largest absolute Gasteiger partial charge is 0.355 e. The highest BCUT2D eigenvalue weighted by Gasteiger charge is 2.17. The van der Waals surface area contributed by atoms with Gasteiger partial charge >= 0.3 is 0 Å². The minimum absolute atomic E-state index is 1.06. The van der Waals surface area contributed by atoms with Gasteiger partial charge in [0.15, 0.2) is 0 Å². The summed E-state index contributed by atoms with van der Waals surface area (Å²) >= 11 is 0. The first-order valence-corrected chi connectivity index (χ1v) is 7.55. The number of hydrogen-bond acceptors (Lipinski definition) is 0. The molecule has 1 nitrogen and oxygen atoms in total. The first-order chi connectivity index (χ1) is 4.91. The molecule has 0 unspecified atom stereocenters. The van der Waals surface area contributed by atoms with Gasteiger partial charge in [-0.15, -0.1) is 0 Å². The molecule has 0 aliphatic carbocycles. The first kappa shape index (κ1) is 8.59. The van der Waals surface area contributed by atoms with Gasteiger partial charge in [-0.05, 0) is 18.2 Å². The molecule has 0 N–H and O–H groups in total. The van der Waals surface area contributed by atoms with Crippen LogP contribution in [0.3, 0.4) is 0 Å². The summed E-state index contributed by atoms with van der Waals surface area (Å²) in [6, 6.07) is 2.31. The van der Waals surface area contributed by atoms with E-state index in [9.17, 15) is 0 Å². The summed E-state index contributed by atoms with van der Waals surface area (Å²) < 4.78 is 2.20. The summed E-state index contributed by atoms with van der Waals surface area (Å²) in [5.41, 5.74) is 1.36. The smallest absolute Gasteiger partial charge is 0.0795 e. The summed E-state index contributed by atoms with van der Waals surface area (Å²) in [6.07, 6.45) is 2.27. The van der Waals surface area contributed by atoms with Crippen molar-refractivity contribution in [2.24, 2.45) is 7.05 Å². The molecule has 0 aromatic carbocycles. The number of rotatable bonds is 1. The molecule has 1 aromatic rings. The van der Waals surface area contributed by atoms with Gasteiger partial charge in [0, 0.05) is 18.9 Å². The average Bonchev–Trinajstić information content (AvgIpc) is 2.11. The van der Waals surface area contributed by atoms with E-state index in [2.05, 4.69) is 50.4 Å². The van der Waals surface area contributed by atoms with E-state index in [1.165, 1.54) is 5.69 Å². The number of aromatic nitrogens is 1. The molecular weight excluding hydrogens is 150 g/mol. The molecule has 0 saturated carbocycles. The highest BCUT2D eigenvalue weighted by molar-refractivity contribution is 6.88. The van der Waals surface area contributed by atoms with E-state index in [-0.39, 0.29) is 0 Å². The maximum absolute atomic E-state index is 2.38. The van der Waals surface area contributed by atoms with Crippen LogP contribution in [0, 0.1) is 6.92 Å². The molecule has 0 radical (unpaired) electrons.